The molecule has 0 radical (unpaired) electrons. The first-order valence-corrected chi connectivity index (χ1v) is 12.7. The quantitative estimate of drug-likeness (QED) is 0.442. The molecular formula is C30H36O4. The zero-order valence-corrected chi connectivity index (χ0v) is 20.6. The minimum Gasteiger partial charge on any atom is -0.489 e. The van der Waals surface area contributed by atoms with Gasteiger partial charge in [-0.15, -0.1) is 0 Å². The van der Waals surface area contributed by atoms with Gasteiger partial charge in [-0.05, 0) is 97.1 Å². The van der Waals surface area contributed by atoms with E-state index in [1.165, 1.54) is 24.8 Å². The second-order valence-electron chi connectivity index (χ2n) is 12.0. The molecule has 0 unspecified atom stereocenters. The average molecular weight is 461 g/mol. The Morgan fingerprint density at radius 2 is 1.41 bits per heavy atom. The van der Waals surface area contributed by atoms with Gasteiger partial charge in [0.15, 0.2) is 12.4 Å². The summed E-state index contributed by atoms with van der Waals surface area (Å²) in [5.41, 5.74) is 2.60. The predicted molar refractivity (Wildman–Crippen MR) is 132 cm³/mol. The number of esters is 1. The first kappa shape index (κ1) is 23.1. The van der Waals surface area contributed by atoms with Gasteiger partial charge >= 0.3 is 5.97 Å². The maximum atomic E-state index is 13.1. The van der Waals surface area contributed by atoms with Crippen LogP contribution in [-0.2, 0) is 21.6 Å². The van der Waals surface area contributed by atoms with Crippen molar-refractivity contribution in [2.45, 2.75) is 71.3 Å². The summed E-state index contributed by atoms with van der Waals surface area (Å²) in [6, 6.07) is 15.4. The lowest BCUT2D eigenvalue weighted by Crippen LogP contribution is -2.51. The molecule has 0 saturated heterocycles. The van der Waals surface area contributed by atoms with Gasteiger partial charge in [-0.1, -0.05) is 45.0 Å². The van der Waals surface area contributed by atoms with Crippen molar-refractivity contribution in [3.63, 3.8) is 0 Å². The fourth-order valence-electron chi connectivity index (χ4n) is 6.77. The number of benzene rings is 2. The predicted octanol–water partition coefficient (Wildman–Crippen LogP) is 6.51. The fourth-order valence-corrected chi connectivity index (χ4v) is 6.77. The second kappa shape index (κ2) is 8.87. The molecule has 0 heterocycles. The smallest absolute Gasteiger partial charge is 0.338 e. The topological polar surface area (TPSA) is 52.6 Å². The van der Waals surface area contributed by atoms with E-state index in [0.717, 1.165) is 30.6 Å². The Balaban J connectivity index is 1.12. The summed E-state index contributed by atoms with van der Waals surface area (Å²) in [5, 5.41) is 0. The summed E-state index contributed by atoms with van der Waals surface area (Å²) >= 11 is 0. The van der Waals surface area contributed by atoms with Gasteiger partial charge in [-0.2, -0.15) is 0 Å². The first-order chi connectivity index (χ1) is 16.2. The van der Waals surface area contributed by atoms with Crippen LogP contribution in [0.25, 0.3) is 0 Å². The number of rotatable bonds is 7. The van der Waals surface area contributed by atoms with Crippen LogP contribution in [0.3, 0.4) is 0 Å². The highest BCUT2D eigenvalue weighted by Gasteiger charge is 2.54. The highest BCUT2D eigenvalue weighted by atomic mass is 16.5. The van der Waals surface area contributed by atoms with Crippen LogP contribution < -0.4 is 4.74 Å². The van der Waals surface area contributed by atoms with E-state index < -0.39 is 5.97 Å². The van der Waals surface area contributed by atoms with Gasteiger partial charge in [0, 0.05) is 5.41 Å². The van der Waals surface area contributed by atoms with E-state index in [-0.39, 0.29) is 23.2 Å². The molecule has 4 heteroatoms. The molecule has 4 saturated carbocycles. The lowest BCUT2D eigenvalue weighted by Gasteiger charge is -2.55. The van der Waals surface area contributed by atoms with Crippen LogP contribution >= 0.6 is 0 Å². The molecular weight excluding hydrogens is 424 g/mol. The van der Waals surface area contributed by atoms with Crippen LogP contribution in [-0.4, -0.2) is 18.4 Å². The van der Waals surface area contributed by atoms with E-state index in [1.807, 2.05) is 24.3 Å². The molecule has 4 aliphatic carbocycles. The number of carbonyl (C=O) groups excluding carboxylic acids is 2. The fraction of sp³-hybridized carbons (Fsp3) is 0.533. The Hall–Kier alpha value is -2.62. The molecule has 2 aromatic carbocycles. The van der Waals surface area contributed by atoms with Crippen LogP contribution in [0.15, 0.2) is 48.5 Å². The second-order valence-corrected chi connectivity index (χ2v) is 12.0. The van der Waals surface area contributed by atoms with Crippen molar-refractivity contribution in [2.24, 2.45) is 23.2 Å². The molecule has 34 heavy (non-hydrogen) atoms. The molecule has 0 aliphatic heterocycles. The monoisotopic (exact) mass is 460 g/mol. The van der Waals surface area contributed by atoms with Crippen molar-refractivity contribution in [1.29, 1.82) is 0 Å². The van der Waals surface area contributed by atoms with Crippen molar-refractivity contribution >= 4 is 11.8 Å². The summed E-state index contributed by atoms with van der Waals surface area (Å²) in [5.74, 6) is 2.65. The van der Waals surface area contributed by atoms with Crippen LogP contribution in [0.5, 0.6) is 5.75 Å². The van der Waals surface area contributed by atoms with Gasteiger partial charge in [-0.25, -0.2) is 4.79 Å². The minimum atomic E-state index is -0.427. The van der Waals surface area contributed by atoms with Crippen LogP contribution in [0.4, 0.5) is 0 Å². The van der Waals surface area contributed by atoms with E-state index in [0.29, 0.717) is 29.9 Å². The highest BCUT2D eigenvalue weighted by Crippen LogP contribution is 2.60. The van der Waals surface area contributed by atoms with Crippen molar-refractivity contribution in [3.8, 4) is 5.75 Å². The summed E-state index contributed by atoms with van der Waals surface area (Å²) in [6.07, 6.45) is 6.90. The molecule has 4 bridgehead atoms. The third kappa shape index (κ3) is 4.78. The highest BCUT2D eigenvalue weighted by molar-refractivity contribution is 5.93. The average Bonchev–Trinajstić information content (AvgIpc) is 2.80. The largest absolute Gasteiger partial charge is 0.489 e. The van der Waals surface area contributed by atoms with Crippen molar-refractivity contribution < 1.29 is 19.1 Å². The third-order valence-corrected chi connectivity index (χ3v) is 8.28. The van der Waals surface area contributed by atoms with Crippen molar-refractivity contribution in [3.05, 3.63) is 65.2 Å². The normalized spacial score (nSPS) is 27.4. The van der Waals surface area contributed by atoms with Gasteiger partial charge in [-0.3, -0.25) is 4.79 Å². The van der Waals surface area contributed by atoms with E-state index in [9.17, 15) is 9.59 Å². The van der Waals surface area contributed by atoms with Gasteiger partial charge in [0.25, 0.3) is 0 Å². The summed E-state index contributed by atoms with van der Waals surface area (Å²) < 4.78 is 11.4. The molecule has 2 aromatic rings. The van der Waals surface area contributed by atoms with E-state index in [4.69, 9.17) is 9.47 Å². The Morgan fingerprint density at radius 3 is 1.94 bits per heavy atom. The molecule has 0 atom stereocenters. The van der Waals surface area contributed by atoms with Gasteiger partial charge < -0.3 is 9.47 Å². The van der Waals surface area contributed by atoms with Gasteiger partial charge in [0.1, 0.15) is 12.4 Å². The van der Waals surface area contributed by atoms with Crippen molar-refractivity contribution in [1.82, 2.24) is 0 Å². The summed E-state index contributed by atoms with van der Waals surface area (Å²) in [4.78, 5) is 25.7. The summed E-state index contributed by atoms with van der Waals surface area (Å²) in [7, 11) is 0. The first-order valence-electron chi connectivity index (χ1n) is 12.7. The molecule has 4 aliphatic rings. The maximum absolute atomic E-state index is 13.1. The van der Waals surface area contributed by atoms with E-state index in [2.05, 4.69) is 32.9 Å². The maximum Gasteiger partial charge on any atom is 0.338 e. The van der Waals surface area contributed by atoms with Crippen LogP contribution in [0, 0.1) is 23.2 Å². The molecule has 4 fully saturated rings. The number of hydrogen-bond donors (Lipinski definition) is 0. The summed E-state index contributed by atoms with van der Waals surface area (Å²) in [6.45, 7) is 6.90. The van der Waals surface area contributed by atoms with Gasteiger partial charge in [0.05, 0.1) is 5.56 Å². The van der Waals surface area contributed by atoms with Crippen LogP contribution in [0.2, 0.25) is 0 Å². The minimum absolute atomic E-state index is 0.0968. The molecule has 6 rings (SSSR count). The lowest BCUT2D eigenvalue weighted by molar-refractivity contribution is -0.147. The Morgan fingerprint density at radius 1 is 0.853 bits per heavy atom. The third-order valence-electron chi connectivity index (χ3n) is 8.28. The molecule has 0 aromatic heterocycles. The molecule has 0 spiro atoms. The Labute approximate surface area is 203 Å². The van der Waals surface area contributed by atoms with Crippen LogP contribution in [0.1, 0.15) is 80.8 Å². The van der Waals surface area contributed by atoms with Crippen molar-refractivity contribution in [2.75, 3.05) is 6.61 Å². The standard InChI is InChI=1S/C30H36O4/c1-29(2,3)25-8-10-26(11-9-25)33-18-20-4-6-24(7-5-20)28(32)34-19-27(31)30-15-21-12-22(16-30)14-23(13-21)17-30/h4-11,21-23H,12-19H2,1-3H3. The van der Waals surface area contributed by atoms with E-state index >= 15 is 0 Å². The number of carbonyl (C=O) groups is 2. The number of ketones is 1. The van der Waals surface area contributed by atoms with E-state index in [1.54, 1.807) is 12.1 Å². The van der Waals surface area contributed by atoms with Gasteiger partial charge in [0.2, 0.25) is 0 Å². The number of hydrogen-bond acceptors (Lipinski definition) is 4. The zero-order chi connectivity index (χ0) is 23.9. The molecule has 0 N–H and O–H groups in total. The Bertz CT molecular complexity index is 1010. The molecule has 180 valence electrons. The molecule has 0 amide bonds. The molecule has 4 nitrogen and oxygen atoms in total. The SMILES string of the molecule is CC(C)(C)c1ccc(OCc2ccc(C(=O)OCC(=O)C34CC5CC(CC(C5)C3)C4)cc2)cc1. The number of ether oxygens (including phenoxy) is 2. The Kier molecular flexibility index (Phi) is 6.03. The number of Topliss-reactive ketones (excluding diaryl/α,β-unsaturated/α-hetero) is 1. The lowest BCUT2D eigenvalue weighted by atomic mass is 9.48. The zero-order valence-electron chi connectivity index (χ0n) is 20.6.